The molecular weight excluding hydrogens is 250 g/mol. The van der Waals surface area contributed by atoms with Gasteiger partial charge in [-0.15, -0.1) is 0 Å². The number of rotatable bonds is 6. The molecule has 0 aromatic heterocycles. The van der Waals surface area contributed by atoms with Crippen LogP contribution in [0.1, 0.15) is 64.7 Å². The van der Waals surface area contributed by atoms with Crippen LogP contribution in [0.25, 0.3) is 0 Å². The molecule has 2 fully saturated rings. The Bertz CT molecular complexity index is 278. The van der Waals surface area contributed by atoms with E-state index < -0.39 is 0 Å². The highest BCUT2D eigenvalue weighted by atomic mass is 16.3. The van der Waals surface area contributed by atoms with Gasteiger partial charge in [0.1, 0.15) is 0 Å². The third-order valence-electron chi connectivity index (χ3n) is 5.54. The van der Waals surface area contributed by atoms with E-state index in [2.05, 4.69) is 11.8 Å². The number of nitrogens with zero attached hydrogens (tertiary/aromatic N) is 1. The molecule has 20 heavy (non-hydrogen) atoms. The molecule has 2 unspecified atom stereocenters. The Hall–Kier alpha value is -0.120. The number of hydrogen-bond acceptors (Lipinski definition) is 3. The van der Waals surface area contributed by atoms with Gasteiger partial charge in [-0.3, -0.25) is 4.90 Å². The molecule has 0 spiro atoms. The van der Waals surface area contributed by atoms with Crippen LogP contribution in [0, 0.1) is 11.3 Å². The van der Waals surface area contributed by atoms with Crippen LogP contribution in [0.5, 0.6) is 0 Å². The molecule has 0 bridgehead atoms. The summed E-state index contributed by atoms with van der Waals surface area (Å²) in [5.41, 5.74) is 0.0876. The van der Waals surface area contributed by atoms with Crippen molar-refractivity contribution in [2.45, 2.75) is 70.8 Å². The van der Waals surface area contributed by atoms with Gasteiger partial charge in [0.2, 0.25) is 0 Å². The van der Waals surface area contributed by atoms with Gasteiger partial charge in [-0.25, -0.2) is 0 Å². The largest absolute Gasteiger partial charge is 0.396 e. The van der Waals surface area contributed by atoms with Gasteiger partial charge < -0.3 is 10.2 Å². The van der Waals surface area contributed by atoms with Crippen molar-refractivity contribution >= 4 is 0 Å². The molecule has 2 atom stereocenters. The molecule has 2 aliphatic rings. The van der Waals surface area contributed by atoms with Crippen LogP contribution in [-0.4, -0.2) is 47.5 Å². The zero-order chi connectivity index (χ0) is 14.4. The zero-order valence-corrected chi connectivity index (χ0v) is 13.2. The summed E-state index contributed by atoms with van der Waals surface area (Å²) in [6.07, 6.45) is 11.4. The Labute approximate surface area is 124 Å². The molecule has 0 radical (unpaired) electrons. The molecule has 118 valence electrons. The first-order valence-electron chi connectivity index (χ1n) is 8.65. The van der Waals surface area contributed by atoms with E-state index >= 15 is 0 Å². The summed E-state index contributed by atoms with van der Waals surface area (Å²) in [6, 6.07) is 0.636. The smallest absolute Gasteiger partial charge is 0.0558 e. The van der Waals surface area contributed by atoms with Crippen molar-refractivity contribution in [3.8, 4) is 0 Å². The maximum atomic E-state index is 9.99. The van der Waals surface area contributed by atoms with Crippen molar-refractivity contribution in [1.82, 2.24) is 4.90 Å². The Morgan fingerprint density at radius 2 is 1.80 bits per heavy atom. The monoisotopic (exact) mass is 283 g/mol. The van der Waals surface area contributed by atoms with Crippen LogP contribution < -0.4 is 0 Å². The van der Waals surface area contributed by atoms with Gasteiger partial charge in [-0.2, -0.15) is 0 Å². The number of aliphatic hydroxyl groups is 2. The lowest BCUT2D eigenvalue weighted by molar-refractivity contribution is -0.000629. The molecule has 0 heterocycles. The molecule has 0 saturated heterocycles. The minimum Gasteiger partial charge on any atom is -0.396 e. The van der Waals surface area contributed by atoms with Crippen molar-refractivity contribution in [3.05, 3.63) is 0 Å². The van der Waals surface area contributed by atoms with Crippen LogP contribution in [0.4, 0.5) is 0 Å². The van der Waals surface area contributed by atoms with Gasteiger partial charge in [0.05, 0.1) is 6.61 Å². The lowest BCUT2D eigenvalue weighted by atomic mass is 9.70. The van der Waals surface area contributed by atoms with Gasteiger partial charge in [-0.1, -0.05) is 39.0 Å². The van der Waals surface area contributed by atoms with Crippen LogP contribution >= 0.6 is 0 Å². The average molecular weight is 283 g/mol. The van der Waals surface area contributed by atoms with E-state index in [1.807, 2.05) is 0 Å². The van der Waals surface area contributed by atoms with Crippen molar-refractivity contribution in [1.29, 1.82) is 0 Å². The first-order chi connectivity index (χ1) is 9.69. The highest BCUT2D eigenvalue weighted by Crippen LogP contribution is 2.40. The second-order valence-corrected chi connectivity index (χ2v) is 7.35. The fraction of sp³-hybridized carbons (Fsp3) is 1.00. The summed E-state index contributed by atoms with van der Waals surface area (Å²) >= 11 is 0. The SMILES string of the molecule is CC1CCCC(CO)(CN(CCO)C2CCCCC2)C1. The quantitative estimate of drug-likeness (QED) is 0.788. The van der Waals surface area contributed by atoms with E-state index in [1.54, 1.807) is 0 Å². The van der Waals surface area contributed by atoms with Crippen molar-refractivity contribution < 1.29 is 10.2 Å². The summed E-state index contributed by atoms with van der Waals surface area (Å²) in [6.45, 7) is 4.64. The average Bonchev–Trinajstić information content (AvgIpc) is 2.48. The van der Waals surface area contributed by atoms with Crippen LogP contribution in [0.2, 0.25) is 0 Å². The maximum absolute atomic E-state index is 9.99. The maximum Gasteiger partial charge on any atom is 0.0558 e. The molecule has 0 aromatic rings. The third-order valence-corrected chi connectivity index (χ3v) is 5.54. The highest BCUT2D eigenvalue weighted by molar-refractivity contribution is 4.90. The third kappa shape index (κ3) is 4.19. The predicted octanol–water partition coefficient (Wildman–Crippen LogP) is 2.80. The molecule has 3 heteroatoms. The van der Waals surface area contributed by atoms with Crippen LogP contribution in [0.3, 0.4) is 0 Å². The molecular formula is C17H33NO2. The molecule has 2 saturated carbocycles. The van der Waals surface area contributed by atoms with Gasteiger partial charge in [0.15, 0.2) is 0 Å². The molecule has 2 aliphatic carbocycles. The number of aliphatic hydroxyl groups excluding tert-OH is 2. The summed E-state index contributed by atoms with van der Waals surface area (Å²) in [4.78, 5) is 2.49. The predicted molar refractivity (Wildman–Crippen MR) is 82.7 cm³/mol. The first-order valence-corrected chi connectivity index (χ1v) is 8.65. The van der Waals surface area contributed by atoms with Crippen molar-refractivity contribution in [2.24, 2.45) is 11.3 Å². The molecule has 0 aliphatic heterocycles. The lowest BCUT2D eigenvalue weighted by Crippen LogP contribution is -2.48. The van der Waals surface area contributed by atoms with Gasteiger partial charge in [-0.05, 0) is 31.6 Å². The van der Waals surface area contributed by atoms with E-state index in [-0.39, 0.29) is 12.0 Å². The summed E-state index contributed by atoms with van der Waals surface area (Å²) in [7, 11) is 0. The van der Waals surface area contributed by atoms with E-state index in [0.29, 0.717) is 12.6 Å². The summed E-state index contributed by atoms with van der Waals surface area (Å²) in [5.74, 6) is 0.734. The topological polar surface area (TPSA) is 43.7 Å². The molecule has 2 N–H and O–H groups in total. The Kier molecular flexibility index (Phi) is 6.31. The minimum atomic E-state index is 0.0876. The van der Waals surface area contributed by atoms with Crippen LogP contribution in [0.15, 0.2) is 0 Å². The van der Waals surface area contributed by atoms with Crippen molar-refractivity contribution in [2.75, 3.05) is 26.3 Å². The normalized spacial score (nSPS) is 32.7. The van der Waals surface area contributed by atoms with E-state index in [1.165, 1.54) is 44.9 Å². The van der Waals surface area contributed by atoms with Crippen molar-refractivity contribution in [3.63, 3.8) is 0 Å². The minimum absolute atomic E-state index is 0.0876. The summed E-state index contributed by atoms with van der Waals surface area (Å²) < 4.78 is 0. The van der Waals surface area contributed by atoms with Gasteiger partial charge in [0.25, 0.3) is 0 Å². The Balaban J connectivity index is 2.00. The van der Waals surface area contributed by atoms with E-state index in [9.17, 15) is 10.2 Å². The lowest BCUT2D eigenvalue weighted by Gasteiger charge is -2.45. The second-order valence-electron chi connectivity index (χ2n) is 7.35. The van der Waals surface area contributed by atoms with E-state index in [0.717, 1.165) is 31.8 Å². The fourth-order valence-electron chi connectivity index (χ4n) is 4.50. The van der Waals surface area contributed by atoms with Crippen LogP contribution in [-0.2, 0) is 0 Å². The summed E-state index contributed by atoms with van der Waals surface area (Å²) in [5, 5.41) is 19.4. The molecule has 0 amide bonds. The molecule has 2 rings (SSSR count). The Morgan fingerprint density at radius 1 is 1.05 bits per heavy atom. The second kappa shape index (κ2) is 7.77. The van der Waals surface area contributed by atoms with Gasteiger partial charge >= 0.3 is 0 Å². The Morgan fingerprint density at radius 3 is 2.40 bits per heavy atom. The van der Waals surface area contributed by atoms with Gasteiger partial charge in [0, 0.05) is 31.2 Å². The first kappa shape index (κ1) is 16.3. The number of hydrogen-bond donors (Lipinski definition) is 2. The standard InChI is InChI=1S/C17H33NO2/c1-15-6-5-9-17(12-15,14-20)13-18(10-11-19)16-7-3-2-4-8-16/h15-16,19-20H,2-14H2,1H3. The van der Waals surface area contributed by atoms with E-state index in [4.69, 9.17) is 0 Å². The highest BCUT2D eigenvalue weighted by Gasteiger charge is 2.37. The fourth-order valence-corrected chi connectivity index (χ4v) is 4.50. The molecule has 3 nitrogen and oxygen atoms in total. The zero-order valence-electron chi connectivity index (χ0n) is 13.2. The molecule has 0 aromatic carbocycles.